The summed E-state index contributed by atoms with van der Waals surface area (Å²) in [6.45, 7) is 3.62. The highest BCUT2D eigenvalue weighted by atomic mass is 35.5. The van der Waals surface area contributed by atoms with E-state index in [1.165, 1.54) is 5.56 Å². The van der Waals surface area contributed by atoms with Crippen LogP contribution in [0.15, 0.2) is 48.5 Å². The molecule has 2 aromatic carbocycles. The molecule has 4 heteroatoms. The summed E-state index contributed by atoms with van der Waals surface area (Å²) in [7, 11) is 2.08. The van der Waals surface area contributed by atoms with Crippen molar-refractivity contribution in [2.45, 2.75) is 13.0 Å². The van der Waals surface area contributed by atoms with Gasteiger partial charge < -0.3 is 10.5 Å². The SMILES string of the molecule is CC(c1cccc(Cl)c1)N(C)CCOc1ccc(N)cc1. The monoisotopic (exact) mass is 304 g/mol. The minimum Gasteiger partial charge on any atom is -0.492 e. The number of hydrogen-bond donors (Lipinski definition) is 1. The molecule has 2 N–H and O–H groups in total. The summed E-state index contributed by atoms with van der Waals surface area (Å²) in [5, 5.41) is 0.769. The molecule has 0 saturated heterocycles. The van der Waals surface area contributed by atoms with Crippen molar-refractivity contribution in [2.24, 2.45) is 0 Å². The standard InChI is InChI=1S/C17H21ClN2O/c1-13(14-4-3-5-15(18)12-14)20(2)10-11-21-17-8-6-16(19)7-9-17/h3-9,12-13H,10-11,19H2,1-2H3. The predicted octanol–water partition coefficient (Wildman–Crippen LogP) is 3.99. The van der Waals surface area contributed by atoms with Crippen LogP contribution < -0.4 is 10.5 Å². The summed E-state index contributed by atoms with van der Waals surface area (Å²) < 4.78 is 5.72. The lowest BCUT2D eigenvalue weighted by Crippen LogP contribution is -2.27. The Balaban J connectivity index is 1.84. The molecule has 3 nitrogen and oxygen atoms in total. The zero-order chi connectivity index (χ0) is 15.2. The Morgan fingerprint density at radius 2 is 1.90 bits per heavy atom. The lowest BCUT2D eigenvalue weighted by molar-refractivity contribution is 0.201. The van der Waals surface area contributed by atoms with Gasteiger partial charge in [0.05, 0.1) is 0 Å². The topological polar surface area (TPSA) is 38.5 Å². The van der Waals surface area contributed by atoms with Gasteiger partial charge >= 0.3 is 0 Å². The molecule has 21 heavy (non-hydrogen) atoms. The maximum atomic E-state index is 6.04. The Kier molecular flexibility index (Phi) is 5.48. The highest BCUT2D eigenvalue weighted by Gasteiger charge is 2.11. The first-order valence-corrected chi connectivity index (χ1v) is 7.38. The van der Waals surface area contributed by atoms with Crippen LogP contribution >= 0.6 is 11.6 Å². The highest BCUT2D eigenvalue weighted by Crippen LogP contribution is 2.21. The zero-order valence-electron chi connectivity index (χ0n) is 12.4. The van der Waals surface area contributed by atoms with Crippen LogP contribution in [0.25, 0.3) is 0 Å². The van der Waals surface area contributed by atoms with Gasteiger partial charge in [0.15, 0.2) is 0 Å². The second kappa shape index (κ2) is 7.34. The van der Waals surface area contributed by atoms with Crippen molar-refractivity contribution in [3.05, 3.63) is 59.1 Å². The number of nitrogen functional groups attached to an aromatic ring is 1. The minimum absolute atomic E-state index is 0.290. The number of nitrogens with two attached hydrogens (primary N) is 1. The van der Waals surface area contributed by atoms with E-state index in [0.29, 0.717) is 12.6 Å². The third-order valence-corrected chi connectivity index (χ3v) is 3.82. The van der Waals surface area contributed by atoms with Gasteiger partial charge in [-0.05, 0) is 55.9 Å². The Morgan fingerprint density at radius 3 is 2.57 bits per heavy atom. The van der Waals surface area contributed by atoms with Gasteiger partial charge in [-0.3, -0.25) is 4.90 Å². The summed E-state index contributed by atoms with van der Waals surface area (Å²) in [5.41, 5.74) is 7.60. The minimum atomic E-state index is 0.290. The van der Waals surface area contributed by atoms with Crippen LogP contribution in [-0.2, 0) is 0 Å². The molecular formula is C17H21ClN2O. The molecule has 0 bridgehead atoms. The quantitative estimate of drug-likeness (QED) is 0.820. The van der Waals surface area contributed by atoms with Crippen LogP contribution in [0.2, 0.25) is 5.02 Å². The fourth-order valence-electron chi connectivity index (χ4n) is 2.09. The van der Waals surface area contributed by atoms with Crippen LogP contribution in [0.4, 0.5) is 5.69 Å². The molecule has 1 atom stereocenters. The molecule has 0 saturated carbocycles. The van der Waals surface area contributed by atoms with Crippen molar-refractivity contribution in [1.29, 1.82) is 0 Å². The summed E-state index contributed by atoms with van der Waals surface area (Å²) >= 11 is 6.04. The molecule has 0 spiro atoms. The van der Waals surface area contributed by atoms with Gasteiger partial charge in [-0.2, -0.15) is 0 Å². The fraction of sp³-hybridized carbons (Fsp3) is 0.294. The number of anilines is 1. The van der Waals surface area contributed by atoms with E-state index >= 15 is 0 Å². The van der Waals surface area contributed by atoms with Crippen LogP contribution in [0.1, 0.15) is 18.5 Å². The molecule has 0 fully saturated rings. The van der Waals surface area contributed by atoms with Gasteiger partial charge in [0.25, 0.3) is 0 Å². The molecule has 0 aromatic heterocycles. The second-order valence-electron chi connectivity index (χ2n) is 5.13. The zero-order valence-corrected chi connectivity index (χ0v) is 13.2. The summed E-state index contributed by atoms with van der Waals surface area (Å²) in [4.78, 5) is 2.24. The molecule has 0 radical (unpaired) electrons. The highest BCUT2D eigenvalue weighted by molar-refractivity contribution is 6.30. The Hall–Kier alpha value is -1.71. The second-order valence-corrected chi connectivity index (χ2v) is 5.57. The van der Waals surface area contributed by atoms with E-state index in [4.69, 9.17) is 22.1 Å². The predicted molar refractivity (Wildman–Crippen MR) is 88.8 cm³/mol. The summed E-state index contributed by atoms with van der Waals surface area (Å²) in [6.07, 6.45) is 0. The molecule has 0 amide bonds. The van der Waals surface area contributed by atoms with Crippen molar-refractivity contribution in [2.75, 3.05) is 25.9 Å². The van der Waals surface area contributed by atoms with Gasteiger partial charge in [0, 0.05) is 23.3 Å². The first-order valence-electron chi connectivity index (χ1n) is 7.00. The number of likely N-dealkylation sites (N-methyl/N-ethyl adjacent to an activating group) is 1. The van der Waals surface area contributed by atoms with Crippen LogP contribution in [0.3, 0.4) is 0 Å². The summed E-state index contributed by atoms with van der Waals surface area (Å²) in [6, 6.07) is 15.7. The van der Waals surface area contributed by atoms with E-state index in [-0.39, 0.29) is 0 Å². The van der Waals surface area contributed by atoms with Gasteiger partial charge in [0.1, 0.15) is 12.4 Å². The van der Waals surface area contributed by atoms with Crippen molar-refractivity contribution >= 4 is 17.3 Å². The Labute approximate surface area is 131 Å². The number of benzene rings is 2. The molecule has 0 aliphatic heterocycles. The van der Waals surface area contributed by atoms with E-state index in [1.807, 2.05) is 42.5 Å². The van der Waals surface area contributed by atoms with Crippen molar-refractivity contribution in [3.63, 3.8) is 0 Å². The number of halogens is 1. The number of rotatable bonds is 6. The van der Waals surface area contributed by atoms with E-state index in [2.05, 4.69) is 24.9 Å². The molecule has 2 rings (SSSR count). The fourth-order valence-corrected chi connectivity index (χ4v) is 2.28. The molecule has 0 aliphatic rings. The van der Waals surface area contributed by atoms with E-state index in [1.54, 1.807) is 0 Å². The summed E-state index contributed by atoms with van der Waals surface area (Å²) in [5.74, 6) is 0.841. The van der Waals surface area contributed by atoms with Gasteiger partial charge in [-0.15, -0.1) is 0 Å². The van der Waals surface area contributed by atoms with Crippen molar-refractivity contribution in [1.82, 2.24) is 4.90 Å². The first kappa shape index (κ1) is 15.7. The van der Waals surface area contributed by atoms with Gasteiger partial charge in [-0.1, -0.05) is 23.7 Å². The van der Waals surface area contributed by atoms with E-state index < -0.39 is 0 Å². The smallest absolute Gasteiger partial charge is 0.119 e. The molecule has 0 heterocycles. The van der Waals surface area contributed by atoms with Crippen LogP contribution in [-0.4, -0.2) is 25.1 Å². The number of hydrogen-bond acceptors (Lipinski definition) is 3. The maximum Gasteiger partial charge on any atom is 0.119 e. The van der Waals surface area contributed by atoms with Crippen molar-refractivity contribution in [3.8, 4) is 5.75 Å². The van der Waals surface area contributed by atoms with Crippen molar-refractivity contribution < 1.29 is 4.74 Å². The van der Waals surface area contributed by atoms with Crippen LogP contribution in [0.5, 0.6) is 5.75 Å². The Morgan fingerprint density at radius 1 is 1.19 bits per heavy atom. The van der Waals surface area contributed by atoms with E-state index in [0.717, 1.165) is 23.0 Å². The van der Waals surface area contributed by atoms with E-state index in [9.17, 15) is 0 Å². The molecular weight excluding hydrogens is 284 g/mol. The third kappa shape index (κ3) is 4.66. The normalized spacial score (nSPS) is 12.4. The van der Waals surface area contributed by atoms with Gasteiger partial charge in [0.2, 0.25) is 0 Å². The average Bonchev–Trinajstić information content (AvgIpc) is 2.48. The van der Waals surface area contributed by atoms with Gasteiger partial charge in [-0.25, -0.2) is 0 Å². The molecule has 112 valence electrons. The largest absolute Gasteiger partial charge is 0.492 e. The van der Waals surface area contributed by atoms with Crippen LogP contribution in [0, 0.1) is 0 Å². The first-order chi connectivity index (χ1) is 10.1. The number of nitrogens with zero attached hydrogens (tertiary/aromatic N) is 1. The lowest BCUT2D eigenvalue weighted by Gasteiger charge is -2.25. The Bertz CT molecular complexity index is 571. The molecule has 1 unspecified atom stereocenters. The third-order valence-electron chi connectivity index (χ3n) is 3.59. The maximum absolute atomic E-state index is 6.04. The number of ether oxygens (including phenoxy) is 1. The molecule has 2 aromatic rings. The molecule has 0 aliphatic carbocycles. The lowest BCUT2D eigenvalue weighted by atomic mass is 10.1. The average molecular weight is 305 g/mol.